The Labute approximate surface area is 284 Å². The molecule has 1 unspecified atom stereocenters. The van der Waals surface area contributed by atoms with Gasteiger partial charge in [-0.15, -0.1) is 25.5 Å². The molecule has 2 N–H and O–H groups in total. The number of methoxy groups -OCH3 is 1. The van der Waals surface area contributed by atoms with Gasteiger partial charge < -0.3 is 20.1 Å². The van der Waals surface area contributed by atoms with E-state index in [2.05, 4.69) is 69.9 Å². The van der Waals surface area contributed by atoms with Crippen molar-refractivity contribution in [2.75, 3.05) is 31.7 Å². The lowest BCUT2D eigenvalue weighted by Gasteiger charge is -2.30. The minimum absolute atomic E-state index is 0.0261. The lowest BCUT2D eigenvalue weighted by atomic mass is 9.94. The summed E-state index contributed by atoms with van der Waals surface area (Å²) >= 11 is 10.4. The molecule has 0 aromatic heterocycles. The van der Waals surface area contributed by atoms with Crippen molar-refractivity contribution < 1.29 is 14.3 Å². The number of hydrogen-bond acceptors (Lipinski definition) is 5. The fourth-order valence-corrected chi connectivity index (χ4v) is 5.58. The lowest BCUT2D eigenvalue weighted by molar-refractivity contribution is 0.0846. The van der Waals surface area contributed by atoms with Crippen LogP contribution in [0.3, 0.4) is 0 Å². The fraction of sp³-hybridized carbons (Fsp3) is 0.500. The molecule has 0 bridgehead atoms. The van der Waals surface area contributed by atoms with E-state index in [9.17, 15) is 4.79 Å². The van der Waals surface area contributed by atoms with E-state index < -0.39 is 5.91 Å². The quantitative estimate of drug-likeness (QED) is 0.114. The van der Waals surface area contributed by atoms with Crippen molar-refractivity contribution in [1.29, 1.82) is 0 Å². The van der Waals surface area contributed by atoms with E-state index in [1.54, 1.807) is 20.1 Å². The van der Waals surface area contributed by atoms with E-state index in [4.69, 9.17) is 26.8 Å². The molecular formula is C38H55ClN2O3S. The van der Waals surface area contributed by atoms with Gasteiger partial charge in [-0.2, -0.15) is 12.6 Å². The van der Waals surface area contributed by atoms with Crippen LogP contribution in [-0.4, -0.2) is 44.1 Å². The van der Waals surface area contributed by atoms with Crippen LogP contribution in [0.15, 0.2) is 67.8 Å². The summed E-state index contributed by atoms with van der Waals surface area (Å²) in [7, 11) is 1.74. The number of nitrogens with two attached hydrogens (primary N) is 1. The Morgan fingerprint density at radius 3 is 2.53 bits per heavy atom. The highest BCUT2D eigenvalue weighted by Gasteiger charge is 2.26. The molecule has 5 nitrogen and oxygen atoms in total. The monoisotopic (exact) mass is 654 g/mol. The average molecular weight is 655 g/mol. The summed E-state index contributed by atoms with van der Waals surface area (Å²) in [5.41, 5.74) is 8.27. The van der Waals surface area contributed by atoms with Crippen molar-refractivity contribution >= 4 is 35.8 Å². The largest absolute Gasteiger partial charge is 0.491 e. The molecule has 1 heterocycles. The molecule has 248 valence electrons. The van der Waals surface area contributed by atoms with Crippen molar-refractivity contribution in [1.82, 2.24) is 0 Å². The number of hydrogen-bond donors (Lipinski definition) is 2. The molecule has 1 aliphatic rings. The van der Waals surface area contributed by atoms with Crippen LogP contribution < -0.4 is 15.4 Å². The third-order valence-corrected chi connectivity index (χ3v) is 8.87. The van der Waals surface area contributed by atoms with Gasteiger partial charge >= 0.3 is 0 Å². The van der Waals surface area contributed by atoms with Crippen LogP contribution in [0.5, 0.6) is 5.75 Å². The predicted octanol–water partition coefficient (Wildman–Crippen LogP) is 9.05. The van der Waals surface area contributed by atoms with Gasteiger partial charge in [-0.1, -0.05) is 63.1 Å². The van der Waals surface area contributed by atoms with Gasteiger partial charge in [0, 0.05) is 42.0 Å². The normalized spacial score (nSPS) is 16.3. The van der Waals surface area contributed by atoms with Crippen LogP contribution in [0.1, 0.15) is 75.7 Å². The molecular weight excluding hydrogens is 600 g/mol. The van der Waals surface area contributed by atoms with Crippen molar-refractivity contribution in [2.24, 2.45) is 23.5 Å². The Kier molecular flexibility index (Phi) is 20.2. The number of rotatable bonds is 15. The van der Waals surface area contributed by atoms with Gasteiger partial charge in [-0.3, -0.25) is 4.79 Å². The number of carbonyl (C=O) groups excluding carboxylic acids is 1. The summed E-state index contributed by atoms with van der Waals surface area (Å²) in [5, 5.41) is 1.27. The number of amides is 1. The Morgan fingerprint density at radius 1 is 1.29 bits per heavy atom. The number of thiol groups is 1. The Hall–Kier alpha value is -2.85. The number of nitrogens with zero attached hydrogens (tertiary/aromatic N) is 1. The summed E-state index contributed by atoms with van der Waals surface area (Å²) in [6.07, 6.45) is 14.6. The number of allylic oxidation sites excluding steroid dienone is 1. The zero-order valence-electron chi connectivity index (χ0n) is 28.0. The molecule has 2 aromatic rings. The molecule has 5 atom stereocenters. The van der Waals surface area contributed by atoms with Crippen molar-refractivity contribution in [2.45, 2.75) is 77.6 Å². The van der Waals surface area contributed by atoms with Gasteiger partial charge in [0.15, 0.2) is 0 Å². The zero-order chi connectivity index (χ0) is 33.8. The minimum atomic E-state index is -0.428. The molecule has 1 amide bonds. The molecule has 0 spiro atoms. The minimum Gasteiger partial charge on any atom is -0.491 e. The number of halogens is 1. The highest BCUT2D eigenvalue weighted by molar-refractivity contribution is 7.80. The van der Waals surface area contributed by atoms with E-state index in [0.717, 1.165) is 68.1 Å². The highest BCUT2D eigenvalue weighted by atomic mass is 35.5. The first-order chi connectivity index (χ1) is 21.5. The maximum Gasteiger partial charge on any atom is 0.248 e. The van der Waals surface area contributed by atoms with Crippen molar-refractivity contribution in [3.05, 3.63) is 83.9 Å². The Morgan fingerprint density at radius 2 is 2.00 bits per heavy atom. The first kappa shape index (κ1) is 40.2. The second-order valence-electron chi connectivity index (χ2n) is 11.6. The van der Waals surface area contributed by atoms with Crippen molar-refractivity contribution in [3.8, 4) is 18.1 Å². The van der Waals surface area contributed by atoms with Crippen LogP contribution in [0, 0.1) is 30.1 Å². The van der Waals surface area contributed by atoms with Gasteiger partial charge in [0.05, 0.1) is 18.4 Å². The standard InChI is InChI=1S/C28H37ClN2O3.C7H14S.C3H4/c1-4-22(26(5-2)33-3)14-15-31-18-21(10-6-8-20-9-7-11-24(29)16-20)19-34-27-13-12-23(28(30)32)17-25(27)31;1-4-5-6(2)7(3)8;1-3-2/h5,7,9,11-13,16-17,21-22,26H,2,4,6,8,10,14-15,18-19H2,1,3H3,(H2,30,32);4,6-8H,1,5H2,2-3H3;1H,2H3/t21?,22-,26+;6-,7+;/m10./s1. The molecule has 0 radical (unpaired) electrons. The van der Waals surface area contributed by atoms with Gasteiger partial charge in [0.25, 0.3) is 0 Å². The summed E-state index contributed by atoms with van der Waals surface area (Å²) in [4.78, 5) is 14.2. The third-order valence-electron chi connectivity index (χ3n) is 8.13. The molecule has 0 aliphatic carbocycles. The maximum atomic E-state index is 11.8. The Balaban J connectivity index is 0.000000790. The van der Waals surface area contributed by atoms with Crippen LogP contribution in [0.2, 0.25) is 5.02 Å². The number of carbonyl (C=O) groups is 1. The maximum absolute atomic E-state index is 11.8. The van der Waals surface area contributed by atoms with E-state index in [-0.39, 0.29) is 6.10 Å². The number of primary amides is 1. The highest BCUT2D eigenvalue weighted by Crippen LogP contribution is 2.35. The number of ether oxygens (including phenoxy) is 2. The Bertz CT molecular complexity index is 1210. The van der Waals surface area contributed by atoms with Gasteiger partial charge in [-0.05, 0) is 86.8 Å². The summed E-state index contributed by atoms with van der Waals surface area (Å²) < 4.78 is 11.8. The van der Waals surface area contributed by atoms with E-state index in [0.29, 0.717) is 35.2 Å². The summed E-state index contributed by atoms with van der Waals surface area (Å²) in [6, 6.07) is 13.6. The first-order valence-corrected chi connectivity index (χ1v) is 16.8. The molecule has 1 aliphatic heterocycles. The SMILES string of the molecule is C#CC.C=CC[C@H](C)[C@@H](C)S.C=C[C@H](OC)[C@H](CC)CCN1CC(CCCc2cccc(Cl)c2)COc2ccc(C(N)=O)cc21. The lowest BCUT2D eigenvalue weighted by Crippen LogP contribution is -2.33. The smallest absolute Gasteiger partial charge is 0.248 e. The predicted molar refractivity (Wildman–Crippen MR) is 197 cm³/mol. The second-order valence-corrected chi connectivity index (χ2v) is 12.9. The van der Waals surface area contributed by atoms with Crippen molar-refractivity contribution in [3.63, 3.8) is 0 Å². The topological polar surface area (TPSA) is 64.8 Å². The van der Waals surface area contributed by atoms with Crippen LogP contribution in [0.25, 0.3) is 0 Å². The molecule has 0 fully saturated rings. The van der Waals surface area contributed by atoms with Gasteiger partial charge in [0.1, 0.15) is 5.75 Å². The molecule has 45 heavy (non-hydrogen) atoms. The molecule has 3 rings (SSSR count). The number of benzene rings is 2. The zero-order valence-corrected chi connectivity index (χ0v) is 29.7. The molecule has 0 saturated carbocycles. The van der Waals surface area contributed by atoms with Crippen LogP contribution in [-0.2, 0) is 11.2 Å². The molecule has 7 heteroatoms. The van der Waals surface area contributed by atoms with E-state index in [1.165, 1.54) is 5.56 Å². The number of fused-ring (bicyclic) bond motifs is 1. The fourth-order valence-electron chi connectivity index (χ4n) is 5.25. The third kappa shape index (κ3) is 14.9. The summed E-state index contributed by atoms with van der Waals surface area (Å²) in [6.45, 7) is 18.1. The number of anilines is 1. The van der Waals surface area contributed by atoms with E-state index >= 15 is 0 Å². The average Bonchev–Trinajstić information content (AvgIpc) is 3.19. The molecule has 2 aromatic carbocycles. The summed E-state index contributed by atoms with van der Waals surface area (Å²) in [5.74, 6) is 4.04. The van der Waals surface area contributed by atoms with Crippen LogP contribution >= 0.6 is 24.2 Å². The van der Waals surface area contributed by atoms with Gasteiger partial charge in [-0.25, -0.2) is 0 Å². The molecule has 0 saturated heterocycles. The first-order valence-electron chi connectivity index (χ1n) is 15.9. The number of aryl methyl sites for hydroxylation is 1. The number of terminal acetylenes is 1. The van der Waals surface area contributed by atoms with E-state index in [1.807, 2.05) is 42.5 Å². The van der Waals surface area contributed by atoms with Gasteiger partial charge in [0.2, 0.25) is 5.91 Å². The van der Waals surface area contributed by atoms with Crippen LogP contribution in [0.4, 0.5) is 5.69 Å². The second kappa shape index (κ2) is 22.6.